The smallest absolute Gasteiger partial charge is 0.308 e. The van der Waals surface area contributed by atoms with Crippen LogP contribution in [0.2, 0.25) is 0 Å². The fourth-order valence-corrected chi connectivity index (χ4v) is 2.34. The van der Waals surface area contributed by atoms with Crippen molar-refractivity contribution in [3.8, 4) is 5.75 Å². The molecule has 2 atom stereocenters. The van der Waals surface area contributed by atoms with Gasteiger partial charge in [0, 0.05) is 19.0 Å². The number of benzene rings is 1. The van der Waals surface area contributed by atoms with Crippen LogP contribution in [0.5, 0.6) is 5.75 Å². The normalized spacial score (nSPS) is 23.6. The van der Waals surface area contributed by atoms with Gasteiger partial charge in [-0.1, -0.05) is 18.2 Å². The zero-order valence-electron chi connectivity index (χ0n) is 9.85. The van der Waals surface area contributed by atoms with E-state index in [4.69, 9.17) is 4.74 Å². The second-order valence-electron chi connectivity index (χ2n) is 4.18. The zero-order chi connectivity index (χ0) is 12.3. The van der Waals surface area contributed by atoms with Gasteiger partial charge in [-0.3, -0.25) is 4.79 Å². The molecule has 1 fully saturated rings. The Hall–Kier alpha value is -1.55. The number of ether oxygens (including phenoxy) is 1. The van der Waals surface area contributed by atoms with Crippen molar-refractivity contribution in [3.63, 3.8) is 0 Å². The van der Waals surface area contributed by atoms with Crippen molar-refractivity contribution in [1.29, 1.82) is 0 Å². The van der Waals surface area contributed by atoms with Crippen molar-refractivity contribution < 1.29 is 14.6 Å². The quantitative estimate of drug-likeness (QED) is 0.829. The van der Waals surface area contributed by atoms with Crippen molar-refractivity contribution >= 4 is 5.97 Å². The maximum absolute atomic E-state index is 11.2. The van der Waals surface area contributed by atoms with Crippen LogP contribution in [0, 0.1) is 5.92 Å². The first-order valence-electron chi connectivity index (χ1n) is 5.89. The lowest BCUT2D eigenvalue weighted by molar-refractivity contribution is -0.141. The molecular formula is C13H17NO3. The second kappa shape index (κ2) is 5.19. The molecular weight excluding hydrogens is 218 g/mol. The molecule has 0 spiro atoms. The van der Waals surface area contributed by atoms with E-state index in [1.165, 1.54) is 0 Å². The number of carboxylic acids is 1. The topological polar surface area (TPSA) is 58.6 Å². The molecule has 0 bridgehead atoms. The first kappa shape index (κ1) is 11.9. The number of nitrogens with one attached hydrogen (secondary N) is 1. The lowest BCUT2D eigenvalue weighted by Crippen LogP contribution is -2.21. The summed E-state index contributed by atoms with van der Waals surface area (Å²) < 4.78 is 5.56. The van der Waals surface area contributed by atoms with Gasteiger partial charge >= 0.3 is 5.97 Å². The van der Waals surface area contributed by atoms with Crippen LogP contribution in [0.1, 0.15) is 18.4 Å². The highest BCUT2D eigenvalue weighted by Gasteiger charge is 2.35. The van der Waals surface area contributed by atoms with Crippen molar-refractivity contribution in [2.24, 2.45) is 5.92 Å². The predicted octanol–water partition coefficient (Wildman–Crippen LogP) is 1.47. The summed E-state index contributed by atoms with van der Waals surface area (Å²) in [6.45, 7) is 3.74. The SMILES string of the molecule is CCOc1ccccc1[C@@H]1CNC[C@H]1C(=O)O. The van der Waals surface area contributed by atoms with Crippen LogP contribution in [0.4, 0.5) is 0 Å². The highest BCUT2D eigenvalue weighted by Crippen LogP contribution is 2.34. The van der Waals surface area contributed by atoms with Crippen LogP contribution in [0.3, 0.4) is 0 Å². The molecule has 0 radical (unpaired) electrons. The molecule has 17 heavy (non-hydrogen) atoms. The summed E-state index contributed by atoms with van der Waals surface area (Å²) >= 11 is 0. The highest BCUT2D eigenvalue weighted by atomic mass is 16.5. The monoisotopic (exact) mass is 235 g/mol. The van der Waals surface area contributed by atoms with E-state index < -0.39 is 5.97 Å². The van der Waals surface area contributed by atoms with Crippen molar-refractivity contribution in [2.75, 3.05) is 19.7 Å². The molecule has 4 nitrogen and oxygen atoms in total. The molecule has 92 valence electrons. The fourth-order valence-electron chi connectivity index (χ4n) is 2.34. The molecule has 1 aromatic rings. The van der Waals surface area contributed by atoms with E-state index in [2.05, 4.69) is 5.32 Å². The summed E-state index contributed by atoms with van der Waals surface area (Å²) in [4.78, 5) is 11.2. The van der Waals surface area contributed by atoms with Gasteiger partial charge < -0.3 is 15.2 Å². The minimum atomic E-state index is -0.744. The highest BCUT2D eigenvalue weighted by molar-refractivity contribution is 5.72. The van der Waals surface area contributed by atoms with E-state index in [0.29, 0.717) is 19.7 Å². The Morgan fingerprint density at radius 2 is 2.24 bits per heavy atom. The van der Waals surface area contributed by atoms with Crippen molar-refractivity contribution in [1.82, 2.24) is 5.32 Å². The number of hydrogen-bond donors (Lipinski definition) is 2. The molecule has 0 aliphatic carbocycles. The van der Waals surface area contributed by atoms with E-state index in [-0.39, 0.29) is 11.8 Å². The maximum Gasteiger partial charge on any atom is 0.308 e. The molecule has 4 heteroatoms. The molecule has 1 aliphatic heterocycles. The minimum absolute atomic E-state index is 0.00440. The molecule has 1 saturated heterocycles. The Balaban J connectivity index is 2.29. The van der Waals surface area contributed by atoms with E-state index in [1.54, 1.807) is 0 Å². The Bertz CT molecular complexity index is 405. The Kier molecular flexibility index (Phi) is 3.64. The van der Waals surface area contributed by atoms with E-state index in [9.17, 15) is 9.90 Å². The molecule has 2 rings (SSSR count). The van der Waals surface area contributed by atoms with Gasteiger partial charge in [0.2, 0.25) is 0 Å². The molecule has 1 heterocycles. The largest absolute Gasteiger partial charge is 0.494 e. The number of para-hydroxylation sites is 1. The number of aliphatic carboxylic acids is 1. The van der Waals surface area contributed by atoms with Gasteiger partial charge in [0.05, 0.1) is 12.5 Å². The van der Waals surface area contributed by atoms with E-state index >= 15 is 0 Å². The van der Waals surface area contributed by atoms with Crippen molar-refractivity contribution in [3.05, 3.63) is 29.8 Å². The number of carboxylic acid groups (broad SMARTS) is 1. The summed E-state index contributed by atoms with van der Waals surface area (Å²) in [5.41, 5.74) is 0.992. The third-order valence-corrected chi connectivity index (χ3v) is 3.15. The van der Waals surface area contributed by atoms with Crippen LogP contribution in [-0.2, 0) is 4.79 Å². The molecule has 0 unspecified atom stereocenters. The van der Waals surface area contributed by atoms with Gasteiger partial charge in [-0.2, -0.15) is 0 Å². The minimum Gasteiger partial charge on any atom is -0.494 e. The summed E-state index contributed by atoms with van der Waals surface area (Å²) in [7, 11) is 0. The van der Waals surface area contributed by atoms with E-state index in [0.717, 1.165) is 11.3 Å². The lowest BCUT2D eigenvalue weighted by atomic mass is 9.88. The lowest BCUT2D eigenvalue weighted by Gasteiger charge is -2.18. The number of hydrogen-bond acceptors (Lipinski definition) is 3. The third kappa shape index (κ3) is 2.42. The summed E-state index contributed by atoms with van der Waals surface area (Å²) in [5.74, 6) is -0.312. The summed E-state index contributed by atoms with van der Waals surface area (Å²) in [5, 5.41) is 12.3. The van der Waals surface area contributed by atoms with Gasteiger partial charge in [-0.25, -0.2) is 0 Å². The average molecular weight is 235 g/mol. The number of carbonyl (C=O) groups is 1. The zero-order valence-corrected chi connectivity index (χ0v) is 9.85. The van der Waals surface area contributed by atoms with Crippen LogP contribution in [-0.4, -0.2) is 30.8 Å². The average Bonchev–Trinajstić information content (AvgIpc) is 2.79. The van der Waals surface area contributed by atoms with Gasteiger partial charge in [0.15, 0.2) is 0 Å². The maximum atomic E-state index is 11.2. The van der Waals surface area contributed by atoms with Crippen LogP contribution in [0.15, 0.2) is 24.3 Å². The predicted molar refractivity (Wildman–Crippen MR) is 64.3 cm³/mol. The van der Waals surface area contributed by atoms with Crippen molar-refractivity contribution in [2.45, 2.75) is 12.8 Å². The Morgan fingerprint density at radius 1 is 1.47 bits per heavy atom. The standard InChI is InChI=1S/C13H17NO3/c1-2-17-12-6-4-3-5-9(12)10-7-14-8-11(10)13(15)16/h3-6,10-11,14H,2,7-8H2,1H3,(H,15,16)/t10-,11+/m0/s1. The van der Waals surface area contributed by atoms with Gasteiger partial charge in [-0.15, -0.1) is 0 Å². The summed E-state index contributed by atoms with van der Waals surface area (Å²) in [6, 6.07) is 7.69. The first-order valence-corrected chi connectivity index (χ1v) is 5.89. The van der Waals surface area contributed by atoms with Crippen LogP contribution in [0.25, 0.3) is 0 Å². The van der Waals surface area contributed by atoms with Gasteiger partial charge in [-0.05, 0) is 18.6 Å². The van der Waals surface area contributed by atoms with E-state index in [1.807, 2.05) is 31.2 Å². The van der Waals surface area contributed by atoms with Gasteiger partial charge in [0.1, 0.15) is 5.75 Å². The fraction of sp³-hybridized carbons (Fsp3) is 0.462. The second-order valence-corrected chi connectivity index (χ2v) is 4.18. The molecule has 2 N–H and O–H groups in total. The third-order valence-electron chi connectivity index (χ3n) is 3.15. The molecule has 0 saturated carbocycles. The molecule has 0 amide bonds. The van der Waals surface area contributed by atoms with Crippen LogP contribution < -0.4 is 10.1 Å². The van der Waals surface area contributed by atoms with Gasteiger partial charge in [0.25, 0.3) is 0 Å². The first-order chi connectivity index (χ1) is 8.24. The van der Waals surface area contributed by atoms with Crippen LogP contribution >= 0.6 is 0 Å². The molecule has 1 aromatic carbocycles. The Morgan fingerprint density at radius 3 is 2.94 bits per heavy atom. The Labute approximate surface area is 101 Å². The molecule has 1 aliphatic rings. The number of rotatable bonds is 4. The molecule has 0 aromatic heterocycles. The summed E-state index contributed by atoms with van der Waals surface area (Å²) in [6.07, 6.45) is 0.